The molecule has 0 aliphatic heterocycles. The molecule has 1 nitrogen and oxygen atoms in total. The van der Waals surface area contributed by atoms with E-state index in [1.165, 1.54) is 7.05 Å². The Morgan fingerprint density at radius 2 is 1.80 bits per heavy atom. The Labute approximate surface area is 97.4 Å². The average molecular weight is 254 g/mol. The van der Waals surface area contributed by atoms with Crippen molar-refractivity contribution < 1.29 is 8.78 Å². The van der Waals surface area contributed by atoms with Crippen LogP contribution in [0, 0.1) is 0 Å². The Morgan fingerprint density at radius 3 is 2.20 bits per heavy atom. The van der Waals surface area contributed by atoms with Crippen molar-refractivity contribution >= 4 is 23.2 Å². The monoisotopic (exact) mass is 253 g/mol. The van der Waals surface area contributed by atoms with Crippen molar-refractivity contribution in [3.05, 3.63) is 33.8 Å². The standard InChI is InChI=1S/C10H11Cl2F2N/c1-15-9(10(13)14)5-6-7(11)3-2-4-8(6)12/h2-4,9-10,15H,5H2,1H3. The van der Waals surface area contributed by atoms with Crippen LogP contribution in [0.15, 0.2) is 18.2 Å². The van der Waals surface area contributed by atoms with Crippen LogP contribution < -0.4 is 5.32 Å². The number of alkyl halides is 2. The number of halogens is 4. The van der Waals surface area contributed by atoms with Crippen LogP contribution in [-0.4, -0.2) is 19.5 Å². The van der Waals surface area contributed by atoms with Gasteiger partial charge in [0.05, 0.1) is 6.04 Å². The molecule has 0 radical (unpaired) electrons. The van der Waals surface area contributed by atoms with Gasteiger partial charge in [-0.05, 0) is 31.2 Å². The zero-order chi connectivity index (χ0) is 11.4. The third-order valence-electron chi connectivity index (χ3n) is 2.16. The van der Waals surface area contributed by atoms with Crippen LogP contribution in [0.1, 0.15) is 5.56 Å². The number of hydrogen-bond acceptors (Lipinski definition) is 1. The molecule has 1 aromatic rings. The average Bonchev–Trinajstić information content (AvgIpc) is 2.17. The Balaban J connectivity index is 2.87. The van der Waals surface area contributed by atoms with E-state index in [9.17, 15) is 8.78 Å². The van der Waals surface area contributed by atoms with Gasteiger partial charge in [-0.25, -0.2) is 8.78 Å². The van der Waals surface area contributed by atoms with Gasteiger partial charge in [-0.15, -0.1) is 0 Å². The van der Waals surface area contributed by atoms with Gasteiger partial charge in [0.1, 0.15) is 0 Å². The van der Waals surface area contributed by atoms with Crippen LogP contribution in [0.2, 0.25) is 10.0 Å². The highest BCUT2D eigenvalue weighted by atomic mass is 35.5. The number of likely N-dealkylation sites (N-methyl/N-ethyl adjacent to an activating group) is 1. The summed E-state index contributed by atoms with van der Waals surface area (Å²) in [4.78, 5) is 0. The number of hydrogen-bond donors (Lipinski definition) is 1. The highest BCUT2D eigenvalue weighted by molar-refractivity contribution is 6.35. The normalized spacial score (nSPS) is 13.2. The zero-order valence-electron chi connectivity index (χ0n) is 8.11. The molecule has 5 heteroatoms. The molecule has 0 bridgehead atoms. The summed E-state index contributed by atoms with van der Waals surface area (Å²) in [6, 6.07) is 4.04. The topological polar surface area (TPSA) is 12.0 Å². The van der Waals surface area contributed by atoms with Gasteiger partial charge in [0.2, 0.25) is 0 Å². The zero-order valence-corrected chi connectivity index (χ0v) is 9.62. The Bertz CT molecular complexity index is 311. The largest absolute Gasteiger partial charge is 0.312 e. The summed E-state index contributed by atoms with van der Waals surface area (Å²) in [5, 5.41) is 3.38. The van der Waals surface area contributed by atoms with E-state index < -0.39 is 12.5 Å². The smallest absolute Gasteiger partial charge is 0.254 e. The van der Waals surface area contributed by atoms with Gasteiger partial charge in [0.15, 0.2) is 0 Å². The van der Waals surface area contributed by atoms with E-state index in [0.717, 1.165) is 0 Å². The second-order valence-corrected chi connectivity index (χ2v) is 3.95. The summed E-state index contributed by atoms with van der Waals surface area (Å²) in [5.74, 6) is 0. The van der Waals surface area contributed by atoms with Gasteiger partial charge in [-0.2, -0.15) is 0 Å². The van der Waals surface area contributed by atoms with E-state index in [1.807, 2.05) is 0 Å². The van der Waals surface area contributed by atoms with Crippen molar-refractivity contribution in [2.45, 2.75) is 18.9 Å². The third-order valence-corrected chi connectivity index (χ3v) is 2.87. The molecule has 0 saturated heterocycles. The van der Waals surface area contributed by atoms with Crippen LogP contribution in [0.5, 0.6) is 0 Å². The van der Waals surface area contributed by atoms with E-state index in [4.69, 9.17) is 23.2 Å². The minimum atomic E-state index is -2.44. The number of nitrogens with one attached hydrogen (secondary N) is 1. The molecule has 1 rings (SSSR count). The van der Waals surface area contributed by atoms with Gasteiger partial charge in [-0.3, -0.25) is 0 Å². The number of rotatable bonds is 4. The fourth-order valence-corrected chi connectivity index (χ4v) is 1.82. The summed E-state index contributed by atoms with van der Waals surface area (Å²) in [7, 11) is 1.49. The van der Waals surface area contributed by atoms with Gasteiger partial charge in [0, 0.05) is 10.0 Å². The lowest BCUT2D eigenvalue weighted by atomic mass is 10.1. The SMILES string of the molecule is CNC(Cc1c(Cl)cccc1Cl)C(F)F. The van der Waals surface area contributed by atoms with E-state index >= 15 is 0 Å². The fourth-order valence-electron chi connectivity index (χ4n) is 1.26. The summed E-state index contributed by atoms with van der Waals surface area (Å²) in [6.45, 7) is 0. The van der Waals surface area contributed by atoms with Crippen LogP contribution >= 0.6 is 23.2 Å². The fraction of sp³-hybridized carbons (Fsp3) is 0.400. The maximum atomic E-state index is 12.5. The lowest BCUT2D eigenvalue weighted by Gasteiger charge is -2.16. The predicted molar refractivity (Wildman–Crippen MR) is 59.0 cm³/mol. The minimum Gasteiger partial charge on any atom is -0.312 e. The van der Waals surface area contributed by atoms with Crippen molar-refractivity contribution in [1.29, 1.82) is 0 Å². The van der Waals surface area contributed by atoms with E-state index in [-0.39, 0.29) is 6.42 Å². The summed E-state index contributed by atoms with van der Waals surface area (Å²) < 4.78 is 25.0. The molecule has 0 aliphatic carbocycles. The van der Waals surface area contributed by atoms with Gasteiger partial charge in [-0.1, -0.05) is 29.3 Å². The molecule has 1 N–H and O–H groups in total. The molecular weight excluding hydrogens is 243 g/mol. The highest BCUT2D eigenvalue weighted by Crippen LogP contribution is 2.26. The molecule has 0 aliphatic rings. The highest BCUT2D eigenvalue weighted by Gasteiger charge is 2.20. The van der Waals surface area contributed by atoms with Crippen LogP contribution in [0.25, 0.3) is 0 Å². The van der Waals surface area contributed by atoms with Crippen molar-refractivity contribution in [3.8, 4) is 0 Å². The Kier molecular flexibility index (Phi) is 4.77. The lowest BCUT2D eigenvalue weighted by molar-refractivity contribution is 0.102. The van der Waals surface area contributed by atoms with Gasteiger partial charge >= 0.3 is 0 Å². The molecule has 0 heterocycles. The van der Waals surface area contributed by atoms with Gasteiger partial charge < -0.3 is 5.32 Å². The molecule has 0 saturated carbocycles. The first-order chi connectivity index (χ1) is 7.06. The first-order valence-electron chi connectivity index (χ1n) is 4.44. The molecule has 1 aromatic carbocycles. The molecule has 15 heavy (non-hydrogen) atoms. The minimum absolute atomic E-state index is 0.118. The molecule has 1 atom stereocenters. The summed E-state index contributed by atoms with van der Waals surface area (Å²) in [5.41, 5.74) is 0.556. The molecule has 0 amide bonds. The van der Waals surface area contributed by atoms with E-state index in [0.29, 0.717) is 15.6 Å². The number of benzene rings is 1. The molecule has 1 unspecified atom stereocenters. The third kappa shape index (κ3) is 3.30. The molecular formula is C10H11Cl2F2N. The van der Waals surface area contributed by atoms with Crippen molar-refractivity contribution in [1.82, 2.24) is 5.32 Å². The maximum absolute atomic E-state index is 12.5. The Morgan fingerprint density at radius 1 is 1.27 bits per heavy atom. The van der Waals surface area contributed by atoms with Crippen molar-refractivity contribution in [3.63, 3.8) is 0 Å². The summed E-state index contributed by atoms with van der Waals surface area (Å²) >= 11 is 11.8. The lowest BCUT2D eigenvalue weighted by Crippen LogP contribution is -2.34. The van der Waals surface area contributed by atoms with Crippen LogP contribution in [0.3, 0.4) is 0 Å². The first-order valence-corrected chi connectivity index (χ1v) is 5.20. The van der Waals surface area contributed by atoms with Crippen molar-refractivity contribution in [2.75, 3.05) is 7.05 Å². The second-order valence-electron chi connectivity index (χ2n) is 3.13. The molecule has 0 spiro atoms. The van der Waals surface area contributed by atoms with Crippen LogP contribution in [-0.2, 0) is 6.42 Å². The predicted octanol–water partition coefficient (Wildman–Crippen LogP) is 3.39. The summed E-state index contributed by atoms with van der Waals surface area (Å²) in [6.07, 6.45) is -2.32. The van der Waals surface area contributed by atoms with Gasteiger partial charge in [0.25, 0.3) is 6.43 Å². The van der Waals surface area contributed by atoms with E-state index in [2.05, 4.69) is 5.32 Å². The molecule has 84 valence electrons. The maximum Gasteiger partial charge on any atom is 0.254 e. The second kappa shape index (κ2) is 5.64. The Hall–Kier alpha value is -0.380. The molecule has 0 fully saturated rings. The van der Waals surface area contributed by atoms with Crippen LogP contribution in [0.4, 0.5) is 8.78 Å². The molecule has 0 aromatic heterocycles. The van der Waals surface area contributed by atoms with Crippen molar-refractivity contribution in [2.24, 2.45) is 0 Å². The first kappa shape index (κ1) is 12.7. The van der Waals surface area contributed by atoms with E-state index in [1.54, 1.807) is 18.2 Å². The quantitative estimate of drug-likeness (QED) is 0.868.